The molecule has 3 rings (SSSR count). The highest BCUT2D eigenvalue weighted by atomic mass is 32.2. The van der Waals surface area contributed by atoms with Crippen molar-refractivity contribution in [1.82, 2.24) is 13.9 Å². The SMILES string of the molecule is O=C(CN1CCCN(Cc2ccccc2)S1(=O)=O)NCC1CCCO1. The van der Waals surface area contributed by atoms with Crippen molar-refractivity contribution in [2.24, 2.45) is 0 Å². The Hall–Kier alpha value is -1.48. The molecule has 7 nitrogen and oxygen atoms in total. The Morgan fingerprint density at radius 1 is 1.16 bits per heavy atom. The Kier molecular flexibility index (Phi) is 6.06. The van der Waals surface area contributed by atoms with E-state index >= 15 is 0 Å². The van der Waals surface area contributed by atoms with Crippen LogP contribution in [0.3, 0.4) is 0 Å². The average molecular weight is 367 g/mol. The van der Waals surface area contributed by atoms with E-state index in [0.717, 1.165) is 25.0 Å². The van der Waals surface area contributed by atoms with E-state index in [1.54, 1.807) is 0 Å². The summed E-state index contributed by atoms with van der Waals surface area (Å²) in [6.45, 7) is 2.22. The fraction of sp³-hybridized carbons (Fsp3) is 0.588. The van der Waals surface area contributed by atoms with Crippen LogP contribution in [0.15, 0.2) is 30.3 Å². The van der Waals surface area contributed by atoms with Gasteiger partial charge in [-0.05, 0) is 24.8 Å². The minimum absolute atomic E-state index is 0.0523. The maximum absolute atomic E-state index is 12.8. The zero-order valence-electron chi connectivity index (χ0n) is 14.3. The minimum Gasteiger partial charge on any atom is -0.376 e. The van der Waals surface area contributed by atoms with Gasteiger partial charge in [0.1, 0.15) is 0 Å². The summed E-state index contributed by atoms with van der Waals surface area (Å²) in [6, 6.07) is 9.49. The first kappa shape index (κ1) is 18.3. The molecule has 2 heterocycles. The molecule has 1 aromatic rings. The van der Waals surface area contributed by atoms with Crippen molar-refractivity contribution in [2.45, 2.75) is 31.9 Å². The number of ether oxygens (including phenoxy) is 1. The molecule has 0 radical (unpaired) electrons. The number of hydrogen-bond donors (Lipinski definition) is 1. The van der Waals surface area contributed by atoms with Gasteiger partial charge < -0.3 is 10.1 Å². The molecule has 8 heteroatoms. The van der Waals surface area contributed by atoms with Crippen LogP contribution >= 0.6 is 0 Å². The van der Waals surface area contributed by atoms with Gasteiger partial charge in [-0.3, -0.25) is 4.79 Å². The highest BCUT2D eigenvalue weighted by Crippen LogP contribution is 2.19. The van der Waals surface area contributed by atoms with E-state index in [9.17, 15) is 13.2 Å². The Morgan fingerprint density at radius 3 is 2.64 bits per heavy atom. The first-order chi connectivity index (χ1) is 12.1. The van der Waals surface area contributed by atoms with Crippen LogP contribution in [0.2, 0.25) is 0 Å². The second-order valence-electron chi connectivity index (χ2n) is 6.45. The van der Waals surface area contributed by atoms with Crippen LogP contribution < -0.4 is 5.32 Å². The largest absolute Gasteiger partial charge is 0.376 e. The lowest BCUT2D eigenvalue weighted by Crippen LogP contribution is -2.52. The van der Waals surface area contributed by atoms with E-state index in [0.29, 0.717) is 32.6 Å². The van der Waals surface area contributed by atoms with Crippen LogP contribution in [0, 0.1) is 0 Å². The number of benzene rings is 1. The lowest BCUT2D eigenvalue weighted by atomic mass is 10.2. The van der Waals surface area contributed by atoms with Gasteiger partial charge in [-0.1, -0.05) is 30.3 Å². The second kappa shape index (κ2) is 8.27. The lowest BCUT2D eigenvalue weighted by Gasteiger charge is -2.34. The smallest absolute Gasteiger partial charge is 0.282 e. The topological polar surface area (TPSA) is 79.0 Å². The van der Waals surface area contributed by atoms with Crippen LogP contribution in [0.25, 0.3) is 0 Å². The number of hydrogen-bond acceptors (Lipinski definition) is 4. The van der Waals surface area contributed by atoms with E-state index in [2.05, 4.69) is 5.32 Å². The molecule has 138 valence electrons. The van der Waals surface area contributed by atoms with Crippen LogP contribution in [0.4, 0.5) is 0 Å². The first-order valence-corrected chi connectivity index (χ1v) is 10.1. The highest BCUT2D eigenvalue weighted by molar-refractivity contribution is 7.86. The van der Waals surface area contributed by atoms with E-state index in [-0.39, 0.29) is 18.6 Å². The molecule has 2 fully saturated rings. The summed E-state index contributed by atoms with van der Waals surface area (Å²) in [5, 5.41) is 2.79. The molecular weight excluding hydrogens is 342 g/mol. The number of carbonyl (C=O) groups excluding carboxylic acids is 1. The third kappa shape index (κ3) is 4.78. The van der Waals surface area contributed by atoms with Gasteiger partial charge >= 0.3 is 0 Å². The Morgan fingerprint density at radius 2 is 1.92 bits per heavy atom. The summed E-state index contributed by atoms with van der Waals surface area (Å²) in [6.07, 6.45) is 2.71. The van der Waals surface area contributed by atoms with Crippen molar-refractivity contribution in [3.8, 4) is 0 Å². The molecule has 2 aliphatic rings. The standard InChI is InChI=1S/C17H25N3O4S/c21-17(18-12-16-8-4-11-24-16)14-20-10-5-9-19(25(20,22)23)13-15-6-2-1-3-7-15/h1-3,6-7,16H,4-5,8-14H2,(H,18,21). The van der Waals surface area contributed by atoms with E-state index < -0.39 is 10.2 Å². The zero-order valence-corrected chi connectivity index (χ0v) is 15.1. The van der Waals surface area contributed by atoms with Crippen LogP contribution in [-0.2, 0) is 26.3 Å². The normalized spacial score (nSPS) is 24.2. The van der Waals surface area contributed by atoms with Crippen LogP contribution in [0.5, 0.6) is 0 Å². The molecule has 2 saturated heterocycles. The van der Waals surface area contributed by atoms with E-state index in [1.807, 2.05) is 30.3 Å². The number of amides is 1. The van der Waals surface area contributed by atoms with Gasteiger partial charge in [0.15, 0.2) is 0 Å². The summed E-state index contributed by atoms with van der Waals surface area (Å²) < 4.78 is 33.7. The molecule has 1 unspecified atom stereocenters. The Labute approximate surface area is 149 Å². The summed E-state index contributed by atoms with van der Waals surface area (Å²) >= 11 is 0. The zero-order chi connectivity index (χ0) is 17.7. The number of carbonyl (C=O) groups is 1. The maximum atomic E-state index is 12.8. The quantitative estimate of drug-likeness (QED) is 0.804. The predicted octanol–water partition coefficient (Wildman–Crippen LogP) is 0.734. The summed E-state index contributed by atoms with van der Waals surface area (Å²) in [5.41, 5.74) is 0.941. The lowest BCUT2D eigenvalue weighted by molar-refractivity contribution is -0.121. The molecule has 1 aromatic carbocycles. The van der Waals surface area contributed by atoms with E-state index in [4.69, 9.17) is 4.74 Å². The maximum Gasteiger partial charge on any atom is 0.282 e. The molecule has 25 heavy (non-hydrogen) atoms. The van der Waals surface area contributed by atoms with Crippen LogP contribution in [-0.4, -0.2) is 61.8 Å². The van der Waals surface area contributed by atoms with Crippen molar-refractivity contribution in [1.29, 1.82) is 0 Å². The summed E-state index contributed by atoms with van der Waals surface area (Å²) in [7, 11) is -3.62. The molecule has 0 aromatic heterocycles. The minimum atomic E-state index is -3.62. The second-order valence-corrected chi connectivity index (χ2v) is 8.38. The number of nitrogens with one attached hydrogen (secondary N) is 1. The van der Waals surface area contributed by atoms with Gasteiger partial charge in [-0.2, -0.15) is 17.0 Å². The highest BCUT2D eigenvalue weighted by Gasteiger charge is 2.34. The van der Waals surface area contributed by atoms with E-state index in [1.165, 1.54) is 8.61 Å². The first-order valence-electron chi connectivity index (χ1n) is 8.73. The monoisotopic (exact) mass is 367 g/mol. The molecule has 1 N–H and O–H groups in total. The predicted molar refractivity (Wildman–Crippen MR) is 93.9 cm³/mol. The van der Waals surface area contributed by atoms with Crippen molar-refractivity contribution < 1.29 is 17.9 Å². The van der Waals surface area contributed by atoms with Crippen molar-refractivity contribution >= 4 is 16.1 Å². The fourth-order valence-electron chi connectivity index (χ4n) is 3.17. The molecule has 1 atom stereocenters. The molecule has 0 saturated carbocycles. The summed E-state index contributed by atoms with van der Waals surface area (Å²) in [4.78, 5) is 12.1. The Balaban J connectivity index is 1.56. The van der Waals surface area contributed by atoms with Gasteiger partial charge in [0.25, 0.3) is 10.2 Å². The molecule has 2 aliphatic heterocycles. The average Bonchev–Trinajstić information content (AvgIpc) is 3.11. The Bertz CT molecular complexity index is 674. The van der Waals surface area contributed by atoms with Crippen LogP contribution in [0.1, 0.15) is 24.8 Å². The molecule has 0 bridgehead atoms. The third-order valence-corrected chi connectivity index (χ3v) is 6.47. The molecular formula is C17H25N3O4S. The van der Waals surface area contributed by atoms with Gasteiger partial charge in [-0.25, -0.2) is 0 Å². The van der Waals surface area contributed by atoms with Crippen molar-refractivity contribution in [3.63, 3.8) is 0 Å². The van der Waals surface area contributed by atoms with Gasteiger partial charge in [0.2, 0.25) is 5.91 Å². The van der Waals surface area contributed by atoms with Gasteiger partial charge in [-0.15, -0.1) is 0 Å². The number of rotatable bonds is 6. The third-order valence-electron chi connectivity index (χ3n) is 4.54. The molecule has 1 amide bonds. The summed E-state index contributed by atoms with van der Waals surface area (Å²) in [5.74, 6) is -0.277. The van der Waals surface area contributed by atoms with Crippen molar-refractivity contribution in [2.75, 3.05) is 32.8 Å². The molecule has 0 aliphatic carbocycles. The van der Waals surface area contributed by atoms with Crippen molar-refractivity contribution in [3.05, 3.63) is 35.9 Å². The number of nitrogens with zero attached hydrogens (tertiary/aromatic N) is 2. The van der Waals surface area contributed by atoms with Gasteiger partial charge in [0.05, 0.1) is 12.6 Å². The fourth-order valence-corrected chi connectivity index (χ4v) is 4.81. The molecule has 0 spiro atoms. The van der Waals surface area contributed by atoms with Gasteiger partial charge in [0, 0.05) is 32.8 Å².